The van der Waals surface area contributed by atoms with Crippen LogP contribution in [0.25, 0.3) is 77.1 Å². The van der Waals surface area contributed by atoms with Crippen LogP contribution in [0.15, 0.2) is 199 Å². The fourth-order valence-electron chi connectivity index (χ4n) is 7.95. The van der Waals surface area contributed by atoms with Gasteiger partial charge in [-0.3, -0.25) is 0 Å². The fourth-order valence-corrected chi connectivity index (χ4v) is 10.9. The predicted octanol–water partition coefficient (Wildman–Crippen LogP) is 11.2. The van der Waals surface area contributed by atoms with E-state index < -0.39 is 7.49 Å². The summed E-state index contributed by atoms with van der Waals surface area (Å²) in [6, 6.07) is 66.9. The average Bonchev–Trinajstić information content (AvgIpc) is 3.63. The Kier molecular flexibility index (Phi) is 7.51. The number of rotatable bonds is 6. The van der Waals surface area contributed by atoms with Gasteiger partial charge in [0.2, 0.25) is 0 Å². The summed E-state index contributed by atoms with van der Waals surface area (Å²) in [4.78, 5) is 17.8. The van der Waals surface area contributed by atoms with Gasteiger partial charge in [-0.2, -0.15) is 0 Å². The molecular weight excluding hydrogens is 666 g/mol. The van der Waals surface area contributed by atoms with Gasteiger partial charge < -0.3 is 4.42 Å². The van der Waals surface area contributed by atoms with E-state index >= 15 is 0 Å². The monoisotopic (exact) mass is 699 g/mol. The number of benzene rings is 8. The SMILES string of the molecule is O[PH](c1ccccc1)(c1ccccc1)c1ccc(-c2cccc(-c3ccc4c(c3)nc(-c3ccccc3)c3ccc5oc6ccccc6c5c34)c2)cc1. The second kappa shape index (κ2) is 12.7. The van der Waals surface area contributed by atoms with Gasteiger partial charge in [0.15, 0.2) is 0 Å². The van der Waals surface area contributed by atoms with E-state index in [1.54, 1.807) is 0 Å². The Hall–Kier alpha value is -6.38. The first-order valence-corrected chi connectivity index (χ1v) is 19.9. The van der Waals surface area contributed by atoms with Gasteiger partial charge in [-0.1, -0.05) is 48.5 Å². The summed E-state index contributed by atoms with van der Waals surface area (Å²) in [5, 5.41) is 8.48. The Morgan fingerprint density at radius 1 is 0.377 bits per heavy atom. The van der Waals surface area contributed by atoms with E-state index in [1.807, 2.05) is 78.9 Å². The van der Waals surface area contributed by atoms with Crippen molar-refractivity contribution in [2.24, 2.45) is 0 Å². The van der Waals surface area contributed by atoms with E-state index in [2.05, 4.69) is 115 Å². The zero-order valence-electron chi connectivity index (χ0n) is 28.8. The number of nitrogens with zero attached hydrogens (tertiary/aromatic N) is 1. The Balaban J connectivity index is 1.09. The van der Waals surface area contributed by atoms with Crippen molar-refractivity contribution in [2.45, 2.75) is 0 Å². The Morgan fingerprint density at radius 2 is 0.925 bits per heavy atom. The molecule has 10 rings (SSSR count). The van der Waals surface area contributed by atoms with Crippen LogP contribution in [0.5, 0.6) is 0 Å². The van der Waals surface area contributed by atoms with Crippen LogP contribution in [0, 0.1) is 0 Å². The van der Waals surface area contributed by atoms with Crippen molar-refractivity contribution < 1.29 is 9.31 Å². The van der Waals surface area contributed by atoms with Crippen molar-refractivity contribution in [1.29, 1.82) is 0 Å². The molecule has 4 heteroatoms. The zero-order chi connectivity index (χ0) is 35.4. The fraction of sp³-hybridized carbons (Fsp3) is 0. The van der Waals surface area contributed by atoms with Crippen molar-refractivity contribution in [2.75, 3.05) is 0 Å². The minimum atomic E-state index is -3.18. The van der Waals surface area contributed by atoms with Crippen LogP contribution in [-0.2, 0) is 0 Å². The molecule has 0 aliphatic carbocycles. The summed E-state index contributed by atoms with van der Waals surface area (Å²) in [6.45, 7) is 0. The number of aromatic nitrogens is 1. The molecule has 10 aromatic rings. The summed E-state index contributed by atoms with van der Waals surface area (Å²) >= 11 is 0. The van der Waals surface area contributed by atoms with Crippen LogP contribution in [0.1, 0.15) is 0 Å². The van der Waals surface area contributed by atoms with E-state index in [0.717, 1.165) is 93.0 Å². The van der Waals surface area contributed by atoms with Crippen molar-refractivity contribution in [1.82, 2.24) is 4.98 Å². The van der Waals surface area contributed by atoms with Crippen LogP contribution < -0.4 is 15.9 Å². The molecule has 1 N–H and O–H groups in total. The molecule has 8 aromatic carbocycles. The molecule has 0 radical (unpaired) electrons. The summed E-state index contributed by atoms with van der Waals surface area (Å²) in [5.41, 5.74) is 9.16. The number of pyridine rings is 1. The van der Waals surface area contributed by atoms with Gasteiger partial charge in [0, 0.05) is 21.7 Å². The second-order valence-electron chi connectivity index (χ2n) is 13.6. The van der Waals surface area contributed by atoms with Crippen LogP contribution in [0.2, 0.25) is 0 Å². The molecule has 0 saturated carbocycles. The third kappa shape index (κ3) is 5.25. The molecule has 0 spiro atoms. The molecular formula is C49H34NO2P. The minimum absolute atomic E-state index is 0.877. The summed E-state index contributed by atoms with van der Waals surface area (Å²) in [6.07, 6.45) is 0. The molecule has 0 saturated heterocycles. The van der Waals surface area contributed by atoms with E-state index in [4.69, 9.17) is 9.40 Å². The molecule has 2 heterocycles. The first-order chi connectivity index (χ1) is 26.1. The molecule has 0 aliphatic rings. The normalized spacial score (nSPS) is 12.2. The third-order valence-electron chi connectivity index (χ3n) is 10.6. The van der Waals surface area contributed by atoms with Gasteiger partial charge in [-0.05, 0) is 18.2 Å². The van der Waals surface area contributed by atoms with E-state index in [-0.39, 0.29) is 0 Å². The molecule has 0 bridgehead atoms. The van der Waals surface area contributed by atoms with E-state index in [9.17, 15) is 4.89 Å². The van der Waals surface area contributed by atoms with Gasteiger partial charge in [0.1, 0.15) is 11.2 Å². The Labute approximate surface area is 307 Å². The van der Waals surface area contributed by atoms with Crippen LogP contribution in [-0.4, -0.2) is 9.88 Å². The number of hydrogen-bond acceptors (Lipinski definition) is 3. The first-order valence-electron chi connectivity index (χ1n) is 17.9. The Bertz CT molecular complexity index is 2900. The molecule has 0 unspecified atom stereocenters. The van der Waals surface area contributed by atoms with Gasteiger partial charge in [-0.25, -0.2) is 0 Å². The number of hydrogen-bond donors (Lipinski definition) is 1. The molecule has 2 aromatic heterocycles. The van der Waals surface area contributed by atoms with Crippen molar-refractivity contribution in [3.8, 4) is 33.5 Å². The quantitative estimate of drug-likeness (QED) is 0.139. The number of para-hydroxylation sites is 1. The molecule has 252 valence electrons. The van der Waals surface area contributed by atoms with E-state index in [1.165, 1.54) is 0 Å². The van der Waals surface area contributed by atoms with Crippen LogP contribution in [0.3, 0.4) is 0 Å². The van der Waals surface area contributed by atoms with Crippen LogP contribution >= 0.6 is 7.49 Å². The maximum absolute atomic E-state index is 12.5. The summed E-state index contributed by atoms with van der Waals surface area (Å²) in [7, 11) is -3.18. The topological polar surface area (TPSA) is 46.3 Å². The van der Waals surface area contributed by atoms with Gasteiger partial charge in [-0.15, -0.1) is 0 Å². The summed E-state index contributed by atoms with van der Waals surface area (Å²) in [5.74, 6) is 0. The average molecular weight is 700 g/mol. The van der Waals surface area contributed by atoms with Gasteiger partial charge >= 0.3 is 205 Å². The van der Waals surface area contributed by atoms with Crippen LogP contribution in [0.4, 0.5) is 0 Å². The van der Waals surface area contributed by atoms with Crippen molar-refractivity contribution >= 4 is 67.0 Å². The van der Waals surface area contributed by atoms with E-state index in [0.29, 0.717) is 0 Å². The zero-order valence-corrected chi connectivity index (χ0v) is 29.8. The Morgan fingerprint density at radius 3 is 1.64 bits per heavy atom. The molecule has 0 fully saturated rings. The molecule has 3 nitrogen and oxygen atoms in total. The van der Waals surface area contributed by atoms with Crippen molar-refractivity contribution in [3.05, 3.63) is 194 Å². The van der Waals surface area contributed by atoms with Crippen molar-refractivity contribution in [3.63, 3.8) is 0 Å². The van der Waals surface area contributed by atoms with Gasteiger partial charge in [0.25, 0.3) is 0 Å². The molecule has 53 heavy (non-hydrogen) atoms. The molecule has 0 amide bonds. The number of fused-ring (bicyclic) bond motifs is 7. The second-order valence-corrected chi connectivity index (χ2v) is 16.8. The molecule has 0 atom stereocenters. The number of furan rings is 1. The third-order valence-corrected chi connectivity index (χ3v) is 14.1. The summed E-state index contributed by atoms with van der Waals surface area (Å²) < 4.78 is 6.34. The standard InChI is InChI=1S/C49H34NO2P/c51-53(38-17-6-2-7-18-38,39-19-8-3-9-20-39)40-26-23-33(24-27-40)35-15-12-16-36(31-35)37-25-28-41-44(32-37)50-49(34-13-4-1-5-14-34)43-29-30-46-48(47(41)43)42-21-10-11-22-45(42)52-46/h1-32,51,53H. The van der Waals surface area contributed by atoms with Gasteiger partial charge in [0.05, 0.1) is 0 Å². The first kappa shape index (κ1) is 31.4. The predicted molar refractivity (Wildman–Crippen MR) is 225 cm³/mol. The maximum atomic E-state index is 12.5. The molecule has 0 aliphatic heterocycles.